The van der Waals surface area contributed by atoms with Gasteiger partial charge in [0.15, 0.2) is 0 Å². The van der Waals surface area contributed by atoms with Crippen molar-refractivity contribution < 1.29 is 14.3 Å². The molecule has 4 atom stereocenters. The van der Waals surface area contributed by atoms with Crippen LogP contribution in [-0.2, 0) is 4.74 Å². The standard InChI is InChI=1S/C34H46N6O3/c1-5-6-13-40-23(3)11-14-39(20-24(40)4)34(42)27-16-22(2)17-29(35)32(27)37-30-12-15-43-21-31(30)38-33(41)28-19-36-18-25-9-7-8-10-26(25)28/h7-10,16-19,23-24,30-31,37H,5-6,11-15,20-21,35H2,1-4H3,(H,38,41)/t23-,24+,30-,31+/m1/s1. The Balaban J connectivity index is 1.37. The van der Waals surface area contributed by atoms with Crippen LogP contribution in [-0.4, -0.2) is 83.6 Å². The summed E-state index contributed by atoms with van der Waals surface area (Å²) in [6.07, 6.45) is 7.26. The van der Waals surface area contributed by atoms with Gasteiger partial charge in [-0.05, 0) is 69.7 Å². The van der Waals surface area contributed by atoms with Gasteiger partial charge in [-0.2, -0.15) is 0 Å². The van der Waals surface area contributed by atoms with E-state index in [-0.39, 0.29) is 29.9 Å². The van der Waals surface area contributed by atoms with E-state index >= 15 is 0 Å². The number of nitrogens with one attached hydrogen (secondary N) is 2. The minimum absolute atomic E-state index is 0.0104. The maximum Gasteiger partial charge on any atom is 0.256 e. The zero-order valence-electron chi connectivity index (χ0n) is 25.9. The molecule has 0 aliphatic carbocycles. The van der Waals surface area contributed by atoms with E-state index in [1.807, 2.05) is 48.2 Å². The molecule has 2 aromatic carbocycles. The fourth-order valence-corrected chi connectivity index (χ4v) is 6.52. The zero-order valence-corrected chi connectivity index (χ0v) is 25.9. The predicted octanol–water partition coefficient (Wildman–Crippen LogP) is 4.85. The molecule has 9 nitrogen and oxygen atoms in total. The Morgan fingerprint density at radius 1 is 1.07 bits per heavy atom. The van der Waals surface area contributed by atoms with Gasteiger partial charge < -0.3 is 26.0 Å². The fourth-order valence-electron chi connectivity index (χ4n) is 6.52. The van der Waals surface area contributed by atoms with Crippen LogP contribution in [0.5, 0.6) is 0 Å². The van der Waals surface area contributed by atoms with Crippen molar-refractivity contribution in [2.45, 2.75) is 77.5 Å². The van der Waals surface area contributed by atoms with E-state index in [4.69, 9.17) is 10.5 Å². The molecule has 2 fully saturated rings. The normalized spacial score (nSPS) is 23.1. The lowest BCUT2D eigenvalue weighted by Crippen LogP contribution is -2.53. The number of hydrogen-bond acceptors (Lipinski definition) is 7. The molecule has 0 saturated carbocycles. The van der Waals surface area contributed by atoms with Gasteiger partial charge in [-0.15, -0.1) is 0 Å². The highest BCUT2D eigenvalue weighted by Crippen LogP contribution is 2.31. The van der Waals surface area contributed by atoms with Crippen LogP contribution in [0.2, 0.25) is 0 Å². The molecule has 43 heavy (non-hydrogen) atoms. The van der Waals surface area contributed by atoms with Gasteiger partial charge in [-0.1, -0.05) is 37.6 Å². The van der Waals surface area contributed by atoms with Crippen LogP contribution in [0.4, 0.5) is 11.4 Å². The van der Waals surface area contributed by atoms with Crippen LogP contribution in [0.3, 0.4) is 0 Å². The average Bonchev–Trinajstić information content (AvgIpc) is 3.14. The molecule has 2 saturated heterocycles. The molecule has 2 aliphatic heterocycles. The summed E-state index contributed by atoms with van der Waals surface area (Å²) >= 11 is 0. The number of nitrogens with two attached hydrogens (primary N) is 1. The molecule has 2 aliphatic rings. The smallest absolute Gasteiger partial charge is 0.256 e. The molecule has 0 bridgehead atoms. The van der Waals surface area contributed by atoms with Crippen molar-refractivity contribution in [3.63, 3.8) is 0 Å². The number of aryl methyl sites for hydroxylation is 1. The number of amides is 2. The average molecular weight is 587 g/mol. The Morgan fingerprint density at radius 2 is 1.88 bits per heavy atom. The topological polar surface area (TPSA) is 113 Å². The third-order valence-corrected chi connectivity index (χ3v) is 8.95. The van der Waals surface area contributed by atoms with Gasteiger partial charge in [-0.25, -0.2) is 0 Å². The first kappa shape index (κ1) is 30.8. The van der Waals surface area contributed by atoms with E-state index < -0.39 is 0 Å². The molecule has 5 rings (SSSR count). The van der Waals surface area contributed by atoms with Crippen LogP contribution in [0.15, 0.2) is 48.8 Å². The van der Waals surface area contributed by atoms with Gasteiger partial charge in [0.05, 0.1) is 41.2 Å². The number of anilines is 2. The van der Waals surface area contributed by atoms with E-state index in [0.29, 0.717) is 61.3 Å². The molecule has 9 heteroatoms. The van der Waals surface area contributed by atoms with Crippen molar-refractivity contribution in [1.82, 2.24) is 20.1 Å². The second kappa shape index (κ2) is 13.7. The molecule has 4 N–H and O–H groups in total. The molecule has 3 aromatic rings. The Labute approximate surface area is 255 Å². The Kier molecular flexibility index (Phi) is 9.82. The maximum absolute atomic E-state index is 14.2. The second-order valence-corrected chi connectivity index (χ2v) is 12.2. The minimum Gasteiger partial charge on any atom is -0.397 e. The lowest BCUT2D eigenvalue weighted by molar-refractivity contribution is 0.0568. The van der Waals surface area contributed by atoms with Crippen LogP contribution >= 0.6 is 0 Å². The molecule has 230 valence electrons. The highest BCUT2D eigenvalue weighted by atomic mass is 16.5. The van der Waals surface area contributed by atoms with Crippen molar-refractivity contribution >= 4 is 34.0 Å². The summed E-state index contributed by atoms with van der Waals surface area (Å²) in [5.74, 6) is -0.219. The van der Waals surface area contributed by atoms with E-state index in [9.17, 15) is 9.59 Å². The van der Waals surface area contributed by atoms with Gasteiger partial charge in [0, 0.05) is 49.6 Å². The number of benzene rings is 2. The second-order valence-electron chi connectivity index (χ2n) is 12.2. The lowest BCUT2D eigenvalue weighted by Gasteiger charge is -2.35. The summed E-state index contributed by atoms with van der Waals surface area (Å²) in [5.41, 5.74) is 9.78. The highest BCUT2D eigenvalue weighted by Gasteiger charge is 2.33. The maximum atomic E-state index is 14.2. The molecular formula is C34H46N6O3. The number of carbonyl (C=O) groups is 2. The van der Waals surface area contributed by atoms with E-state index in [1.54, 1.807) is 12.4 Å². The summed E-state index contributed by atoms with van der Waals surface area (Å²) in [6.45, 7) is 12.0. The number of carbonyl (C=O) groups excluding carboxylic acids is 2. The van der Waals surface area contributed by atoms with Gasteiger partial charge in [-0.3, -0.25) is 19.5 Å². The molecule has 2 amide bonds. The number of hydrogen-bond donors (Lipinski definition) is 3. The van der Waals surface area contributed by atoms with E-state index in [2.05, 4.69) is 41.3 Å². The zero-order chi connectivity index (χ0) is 30.5. The fraction of sp³-hybridized carbons (Fsp3) is 0.500. The van der Waals surface area contributed by atoms with E-state index in [0.717, 1.165) is 42.1 Å². The first-order valence-electron chi connectivity index (χ1n) is 15.7. The molecule has 1 aromatic heterocycles. The minimum atomic E-state index is -0.324. The molecule has 0 radical (unpaired) electrons. The summed E-state index contributed by atoms with van der Waals surface area (Å²) < 4.78 is 5.79. The van der Waals surface area contributed by atoms with Crippen molar-refractivity contribution in [2.24, 2.45) is 0 Å². The summed E-state index contributed by atoms with van der Waals surface area (Å²) in [5, 5.41) is 8.52. The highest BCUT2D eigenvalue weighted by molar-refractivity contribution is 6.06. The van der Waals surface area contributed by atoms with Crippen LogP contribution in [0.25, 0.3) is 10.8 Å². The quantitative estimate of drug-likeness (QED) is 0.324. The lowest BCUT2D eigenvalue weighted by atomic mass is 9.99. The van der Waals surface area contributed by atoms with Crippen LogP contribution in [0.1, 0.15) is 72.7 Å². The van der Waals surface area contributed by atoms with Crippen molar-refractivity contribution in [2.75, 3.05) is 43.9 Å². The van der Waals surface area contributed by atoms with Gasteiger partial charge >= 0.3 is 0 Å². The Bertz CT molecular complexity index is 1440. The number of unbranched alkanes of at least 4 members (excludes halogenated alkanes) is 1. The monoisotopic (exact) mass is 586 g/mol. The molecule has 3 heterocycles. The van der Waals surface area contributed by atoms with Gasteiger partial charge in [0.2, 0.25) is 0 Å². The third kappa shape index (κ3) is 6.94. The van der Waals surface area contributed by atoms with Crippen molar-refractivity contribution in [3.8, 4) is 0 Å². The number of nitrogen functional groups attached to an aromatic ring is 1. The van der Waals surface area contributed by atoms with Crippen LogP contribution in [0, 0.1) is 6.92 Å². The number of rotatable bonds is 8. The van der Waals surface area contributed by atoms with Crippen LogP contribution < -0.4 is 16.4 Å². The first-order chi connectivity index (χ1) is 20.8. The first-order valence-corrected chi connectivity index (χ1v) is 15.7. The van der Waals surface area contributed by atoms with Gasteiger partial charge in [0.25, 0.3) is 11.8 Å². The number of fused-ring (bicyclic) bond motifs is 1. The SMILES string of the molecule is CCCCN1[C@H](C)CCN(C(=O)c2cc(C)cc(N)c2N[C@@H]2CCOC[C@@H]2NC(=O)c2cncc3ccccc23)C[C@@H]1C. The largest absolute Gasteiger partial charge is 0.397 e. The number of pyridine rings is 1. The van der Waals surface area contributed by atoms with Gasteiger partial charge in [0.1, 0.15) is 0 Å². The number of ether oxygens (including phenoxy) is 1. The third-order valence-electron chi connectivity index (χ3n) is 8.95. The van der Waals surface area contributed by atoms with Crippen molar-refractivity contribution in [3.05, 3.63) is 65.5 Å². The summed E-state index contributed by atoms with van der Waals surface area (Å²) in [6, 6.07) is 11.7. The Morgan fingerprint density at radius 3 is 2.70 bits per heavy atom. The molecule has 0 spiro atoms. The summed E-state index contributed by atoms with van der Waals surface area (Å²) in [4.78, 5) is 36.5. The predicted molar refractivity (Wildman–Crippen MR) is 172 cm³/mol. The number of aromatic nitrogens is 1. The molecule has 0 unspecified atom stereocenters. The summed E-state index contributed by atoms with van der Waals surface area (Å²) in [7, 11) is 0. The Hall–Kier alpha value is -3.69. The number of nitrogens with zero attached hydrogens (tertiary/aromatic N) is 3. The van der Waals surface area contributed by atoms with Crippen molar-refractivity contribution in [1.29, 1.82) is 0 Å². The molecular weight excluding hydrogens is 540 g/mol. The van der Waals surface area contributed by atoms with E-state index in [1.165, 1.54) is 0 Å².